The van der Waals surface area contributed by atoms with Gasteiger partial charge in [-0.2, -0.15) is 0 Å². The standard InChI is InChI=1S/C8H7NO3/c10-6-7-4-2-1-3-5-8(7)9(11)12/h2-6H,1H2. The summed E-state index contributed by atoms with van der Waals surface area (Å²) < 4.78 is 0. The van der Waals surface area contributed by atoms with E-state index in [4.69, 9.17) is 0 Å². The fraction of sp³-hybridized carbons (Fsp3) is 0.125. The minimum absolute atomic E-state index is 0.119. The van der Waals surface area contributed by atoms with Crippen LogP contribution in [0.1, 0.15) is 6.42 Å². The molecule has 0 bridgehead atoms. The molecule has 0 amide bonds. The first-order chi connectivity index (χ1) is 5.75. The number of nitro groups is 1. The lowest BCUT2D eigenvalue weighted by Gasteiger charge is -1.90. The second-order valence-corrected chi connectivity index (χ2v) is 2.26. The molecule has 0 aromatic carbocycles. The SMILES string of the molecule is O=CC1=C([N+](=O)[O-])C=CCC=C1. The van der Waals surface area contributed by atoms with E-state index in [1.165, 1.54) is 12.2 Å². The summed E-state index contributed by atoms with van der Waals surface area (Å²) >= 11 is 0. The van der Waals surface area contributed by atoms with Crippen molar-refractivity contribution in [3.63, 3.8) is 0 Å². The first-order valence-corrected chi connectivity index (χ1v) is 3.42. The molecule has 1 aliphatic carbocycles. The molecule has 4 heteroatoms. The second kappa shape index (κ2) is 3.61. The molecule has 0 aromatic heterocycles. The van der Waals surface area contributed by atoms with Gasteiger partial charge in [-0.15, -0.1) is 0 Å². The first-order valence-electron chi connectivity index (χ1n) is 3.42. The highest BCUT2D eigenvalue weighted by Crippen LogP contribution is 2.11. The van der Waals surface area contributed by atoms with Crippen LogP contribution in [-0.2, 0) is 4.79 Å². The Balaban J connectivity index is 3.15. The van der Waals surface area contributed by atoms with Crippen LogP contribution in [0.2, 0.25) is 0 Å². The molecular weight excluding hydrogens is 158 g/mol. The van der Waals surface area contributed by atoms with Gasteiger partial charge in [-0.05, 0) is 12.5 Å². The van der Waals surface area contributed by atoms with Gasteiger partial charge in [0.15, 0.2) is 6.29 Å². The summed E-state index contributed by atoms with van der Waals surface area (Å²) in [6.07, 6.45) is 7.27. The summed E-state index contributed by atoms with van der Waals surface area (Å²) in [5.41, 5.74) is -0.0208. The first kappa shape index (κ1) is 8.39. The molecule has 0 aliphatic heterocycles. The Hall–Kier alpha value is -1.71. The predicted octanol–water partition coefficient (Wildman–Crippen LogP) is 1.23. The van der Waals surface area contributed by atoms with Gasteiger partial charge in [0.2, 0.25) is 0 Å². The van der Waals surface area contributed by atoms with Crippen LogP contribution in [0.3, 0.4) is 0 Å². The number of nitrogens with zero attached hydrogens (tertiary/aromatic N) is 1. The average molecular weight is 165 g/mol. The second-order valence-electron chi connectivity index (χ2n) is 2.26. The van der Waals surface area contributed by atoms with Crippen LogP contribution >= 0.6 is 0 Å². The number of carbonyl (C=O) groups excluding carboxylic acids is 1. The van der Waals surface area contributed by atoms with Gasteiger partial charge in [0, 0.05) is 6.08 Å². The average Bonchev–Trinajstić information content (AvgIpc) is 2.27. The highest BCUT2D eigenvalue weighted by atomic mass is 16.6. The number of carbonyl (C=O) groups is 1. The Morgan fingerprint density at radius 1 is 1.42 bits per heavy atom. The molecule has 0 N–H and O–H groups in total. The van der Waals surface area contributed by atoms with Crippen LogP contribution in [-0.4, -0.2) is 11.2 Å². The molecule has 0 heterocycles. The molecule has 0 saturated heterocycles. The lowest BCUT2D eigenvalue weighted by molar-refractivity contribution is -0.419. The minimum Gasteiger partial charge on any atom is -0.298 e. The molecule has 0 atom stereocenters. The molecule has 0 unspecified atom stereocenters. The van der Waals surface area contributed by atoms with Gasteiger partial charge < -0.3 is 0 Å². The normalized spacial score (nSPS) is 16.0. The van der Waals surface area contributed by atoms with Gasteiger partial charge in [0.1, 0.15) is 0 Å². The van der Waals surface area contributed by atoms with Crippen molar-refractivity contribution in [2.75, 3.05) is 0 Å². The molecule has 0 spiro atoms. The van der Waals surface area contributed by atoms with E-state index < -0.39 is 4.92 Å². The van der Waals surface area contributed by atoms with Gasteiger partial charge in [-0.3, -0.25) is 14.9 Å². The van der Waals surface area contributed by atoms with Gasteiger partial charge in [-0.25, -0.2) is 0 Å². The van der Waals surface area contributed by atoms with Crippen molar-refractivity contribution in [1.82, 2.24) is 0 Å². The molecule has 4 nitrogen and oxygen atoms in total. The maximum Gasteiger partial charge on any atom is 0.279 e. The summed E-state index contributed by atoms with van der Waals surface area (Å²) in [5.74, 6) is 0. The van der Waals surface area contributed by atoms with Crippen molar-refractivity contribution in [2.24, 2.45) is 0 Å². The van der Waals surface area contributed by atoms with Gasteiger partial charge in [0.25, 0.3) is 5.70 Å². The monoisotopic (exact) mass is 165 g/mol. The Morgan fingerprint density at radius 2 is 2.08 bits per heavy atom. The zero-order valence-electron chi connectivity index (χ0n) is 6.27. The fourth-order valence-electron chi connectivity index (χ4n) is 0.901. The van der Waals surface area contributed by atoms with Crippen molar-refractivity contribution >= 4 is 6.29 Å². The third-order valence-corrected chi connectivity index (χ3v) is 1.46. The van der Waals surface area contributed by atoms with E-state index >= 15 is 0 Å². The van der Waals surface area contributed by atoms with E-state index in [-0.39, 0.29) is 11.3 Å². The van der Waals surface area contributed by atoms with Crippen LogP contribution < -0.4 is 0 Å². The fourth-order valence-corrected chi connectivity index (χ4v) is 0.901. The molecule has 0 aromatic rings. The quantitative estimate of drug-likeness (QED) is 0.351. The lowest BCUT2D eigenvalue weighted by atomic mass is 10.2. The van der Waals surface area contributed by atoms with Gasteiger partial charge in [-0.1, -0.05) is 12.2 Å². The minimum atomic E-state index is -0.560. The van der Waals surface area contributed by atoms with E-state index in [1.54, 1.807) is 12.2 Å². The van der Waals surface area contributed by atoms with Crippen LogP contribution in [0.25, 0.3) is 0 Å². The van der Waals surface area contributed by atoms with E-state index in [0.717, 1.165) is 0 Å². The molecule has 12 heavy (non-hydrogen) atoms. The summed E-state index contributed by atoms with van der Waals surface area (Å²) in [4.78, 5) is 20.2. The third-order valence-electron chi connectivity index (χ3n) is 1.46. The molecular formula is C8H7NO3. The summed E-state index contributed by atoms with van der Waals surface area (Å²) in [5, 5.41) is 10.4. The Labute approximate surface area is 69.0 Å². The Morgan fingerprint density at radius 3 is 2.67 bits per heavy atom. The number of aldehydes is 1. The largest absolute Gasteiger partial charge is 0.298 e. The molecule has 0 saturated carbocycles. The maximum absolute atomic E-state index is 10.4. The zero-order chi connectivity index (χ0) is 8.97. The van der Waals surface area contributed by atoms with Crippen molar-refractivity contribution in [3.8, 4) is 0 Å². The smallest absolute Gasteiger partial charge is 0.279 e. The Bertz CT molecular complexity index is 299. The Kier molecular flexibility index (Phi) is 2.53. The summed E-state index contributed by atoms with van der Waals surface area (Å²) in [6, 6.07) is 0. The van der Waals surface area contributed by atoms with Crippen LogP contribution in [0.4, 0.5) is 0 Å². The van der Waals surface area contributed by atoms with Crippen LogP contribution in [0.15, 0.2) is 35.6 Å². The molecule has 1 aliphatic rings. The van der Waals surface area contributed by atoms with E-state index in [1.807, 2.05) is 0 Å². The molecule has 0 fully saturated rings. The maximum atomic E-state index is 10.4. The topological polar surface area (TPSA) is 60.2 Å². The van der Waals surface area contributed by atoms with Crippen molar-refractivity contribution in [2.45, 2.75) is 6.42 Å². The van der Waals surface area contributed by atoms with Gasteiger partial charge in [0.05, 0.1) is 10.5 Å². The molecule has 0 radical (unpaired) electrons. The van der Waals surface area contributed by atoms with E-state index in [9.17, 15) is 14.9 Å². The summed E-state index contributed by atoms with van der Waals surface area (Å²) in [7, 11) is 0. The lowest BCUT2D eigenvalue weighted by Crippen LogP contribution is -1.99. The van der Waals surface area contributed by atoms with E-state index in [0.29, 0.717) is 12.7 Å². The summed E-state index contributed by atoms with van der Waals surface area (Å²) in [6.45, 7) is 0. The van der Waals surface area contributed by atoms with Crippen LogP contribution in [0.5, 0.6) is 0 Å². The molecule has 62 valence electrons. The zero-order valence-corrected chi connectivity index (χ0v) is 6.27. The van der Waals surface area contributed by atoms with Gasteiger partial charge >= 0.3 is 0 Å². The number of rotatable bonds is 2. The molecule has 1 rings (SSSR count). The third kappa shape index (κ3) is 1.66. The number of hydrogen-bond acceptors (Lipinski definition) is 3. The van der Waals surface area contributed by atoms with E-state index in [2.05, 4.69) is 0 Å². The van der Waals surface area contributed by atoms with Crippen LogP contribution in [0, 0.1) is 10.1 Å². The van der Waals surface area contributed by atoms with Crippen molar-refractivity contribution in [3.05, 3.63) is 45.7 Å². The number of hydrogen-bond donors (Lipinski definition) is 0. The highest BCUT2D eigenvalue weighted by Gasteiger charge is 2.13. The van der Waals surface area contributed by atoms with Crippen molar-refractivity contribution < 1.29 is 9.72 Å². The van der Waals surface area contributed by atoms with Crippen molar-refractivity contribution in [1.29, 1.82) is 0 Å². The highest BCUT2D eigenvalue weighted by molar-refractivity contribution is 5.79. The predicted molar refractivity (Wildman–Crippen MR) is 43.0 cm³/mol. The number of allylic oxidation sites excluding steroid dienone is 5.